The lowest BCUT2D eigenvalue weighted by Crippen LogP contribution is -2.64. The average molecular weight is 398 g/mol. The first-order valence-corrected chi connectivity index (χ1v) is 10.1. The van der Waals surface area contributed by atoms with Gasteiger partial charge in [-0.05, 0) is 25.1 Å². The zero-order valence-electron chi connectivity index (χ0n) is 16.7. The molecule has 2 fully saturated rings. The smallest absolute Gasteiger partial charge is 0.255 e. The van der Waals surface area contributed by atoms with E-state index < -0.39 is 11.4 Å². The van der Waals surface area contributed by atoms with Gasteiger partial charge in [0.25, 0.3) is 5.91 Å². The number of hydrogen-bond acceptors (Lipinski definition) is 5. The van der Waals surface area contributed by atoms with E-state index in [1.165, 1.54) is 12.3 Å². The molecule has 0 radical (unpaired) electrons. The summed E-state index contributed by atoms with van der Waals surface area (Å²) in [5.41, 5.74) is 0.0875. The fourth-order valence-corrected chi connectivity index (χ4v) is 4.43. The van der Waals surface area contributed by atoms with Gasteiger partial charge in [0.15, 0.2) is 0 Å². The molecular formula is C22H27FN4O2. The number of pyridine rings is 1. The molecule has 4 rings (SSSR count). The molecule has 1 aromatic carbocycles. The highest BCUT2D eigenvalue weighted by Gasteiger charge is 2.47. The molecule has 2 aromatic rings. The van der Waals surface area contributed by atoms with Gasteiger partial charge < -0.3 is 14.9 Å². The third-order valence-electron chi connectivity index (χ3n) is 6.20. The molecule has 0 bridgehead atoms. The number of aliphatic hydroxyl groups is 1. The van der Waals surface area contributed by atoms with Crippen LogP contribution in [-0.4, -0.2) is 83.1 Å². The largest absolute Gasteiger partial charge is 0.383 e. The SMILES string of the molecule is CN1CCN([C@@H]2CN(C(=O)c3cncc(F)c3)CC[C@]2(O)c2ccccc2)CC1. The number of carbonyl (C=O) groups excluding carboxylic acids is 1. The van der Waals surface area contributed by atoms with Crippen molar-refractivity contribution in [1.82, 2.24) is 19.7 Å². The van der Waals surface area contributed by atoms with Crippen LogP contribution in [0.1, 0.15) is 22.3 Å². The van der Waals surface area contributed by atoms with Gasteiger partial charge in [0.1, 0.15) is 11.4 Å². The number of halogens is 1. The molecule has 1 N–H and O–H groups in total. The van der Waals surface area contributed by atoms with Crippen LogP contribution in [0.2, 0.25) is 0 Å². The Morgan fingerprint density at radius 2 is 1.86 bits per heavy atom. The lowest BCUT2D eigenvalue weighted by atomic mass is 9.79. The molecule has 0 saturated carbocycles. The van der Waals surface area contributed by atoms with Gasteiger partial charge >= 0.3 is 0 Å². The van der Waals surface area contributed by atoms with Crippen molar-refractivity contribution in [3.05, 3.63) is 65.7 Å². The molecule has 0 unspecified atom stereocenters. The van der Waals surface area contributed by atoms with Crippen molar-refractivity contribution in [1.29, 1.82) is 0 Å². The Labute approximate surface area is 170 Å². The molecule has 29 heavy (non-hydrogen) atoms. The van der Waals surface area contributed by atoms with E-state index in [0.717, 1.165) is 37.9 Å². The molecule has 2 atom stereocenters. The predicted molar refractivity (Wildman–Crippen MR) is 108 cm³/mol. The standard InChI is InChI=1S/C22H27FN4O2/c1-25-9-11-26(12-10-25)20-16-27(21(28)17-13-19(23)15-24-14-17)8-7-22(20,29)18-5-3-2-4-6-18/h2-6,13-15,20,29H,7-12,16H2,1H3/t20-,22+/m1/s1. The van der Waals surface area contributed by atoms with Gasteiger partial charge in [-0.15, -0.1) is 0 Å². The Balaban J connectivity index is 1.62. The van der Waals surface area contributed by atoms with Crippen LogP contribution in [0.5, 0.6) is 0 Å². The fraction of sp³-hybridized carbons (Fsp3) is 0.455. The van der Waals surface area contributed by atoms with Gasteiger partial charge in [-0.3, -0.25) is 14.7 Å². The van der Waals surface area contributed by atoms with E-state index in [9.17, 15) is 14.3 Å². The Bertz CT molecular complexity index is 857. The summed E-state index contributed by atoms with van der Waals surface area (Å²) < 4.78 is 13.6. The zero-order chi connectivity index (χ0) is 20.4. The first kappa shape index (κ1) is 19.9. The van der Waals surface area contributed by atoms with E-state index in [4.69, 9.17) is 0 Å². The molecule has 0 spiro atoms. The van der Waals surface area contributed by atoms with Gasteiger partial charge in [0.05, 0.1) is 17.8 Å². The number of piperidine rings is 1. The van der Waals surface area contributed by atoms with Crippen molar-refractivity contribution in [3.8, 4) is 0 Å². The summed E-state index contributed by atoms with van der Waals surface area (Å²) in [7, 11) is 2.09. The second-order valence-corrected chi connectivity index (χ2v) is 8.04. The third-order valence-corrected chi connectivity index (χ3v) is 6.20. The molecule has 3 heterocycles. The Morgan fingerprint density at radius 1 is 1.14 bits per heavy atom. The second kappa shape index (κ2) is 8.18. The third kappa shape index (κ3) is 4.03. The molecule has 7 heteroatoms. The Morgan fingerprint density at radius 3 is 2.55 bits per heavy atom. The first-order chi connectivity index (χ1) is 14.0. The number of carbonyl (C=O) groups is 1. The van der Waals surface area contributed by atoms with Crippen LogP contribution in [0.4, 0.5) is 4.39 Å². The van der Waals surface area contributed by atoms with Gasteiger partial charge in [-0.2, -0.15) is 0 Å². The van der Waals surface area contributed by atoms with Crippen LogP contribution >= 0.6 is 0 Å². The highest BCUT2D eigenvalue weighted by molar-refractivity contribution is 5.94. The summed E-state index contributed by atoms with van der Waals surface area (Å²) in [5, 5.41) is 11.8. The van der Waals surface area contributed by atoms with Crippen LogP contribution < -0.4 is 0 Å². The monoisotopic (exact) mass is 398 g/mol. The summed E-state index contributed by atoms with van der Waals surface area (Å²) in [5.74, 6) is -0.768. The maximum atomic E-state index is 13.6. The summed E-state index contributed by atoms with van der Waals surface area (Å²) in [4.78, 5) is 23.1. The van der Waals surface area contributed by atoms with Gasteiger partial charge in [-0.1, -0.05) is 30.3 Å². The van der Waals surface area contributed by atoms with Crippen molar-refractivity contribution in [2.75, 3.05) is 46.3 Å². The first-order valence-electron chi connectivity index (χ1n) is 10.1. The van der Waals surface area contributed by atoms with Crippen LogP contribution in [0, 0.1) is 5.82 Å². The minimum absolute atomic E-state index is 0.224. The fourth-order valence-electron chi connectivity index (χ4n) is 4.43. The van der Waals surface area contributed by atoms with Gasteiger partial charge in [0.2, 0.25) is 0 Å². The number of piperazine rings is 1. The van der Waals surface area contributed by atoms with Crippen molar-refractivity contribution in [2.45, 2.75) is 18.1 Å². The minimum Gasteiger partial charge on any atom is -0.383 e. The van der Waals surface area contributed by atoms with Crippen LogP contribution in [0.3, 0.4) is 0 Å². The summed E-state index contributed by atoms with van der Waals surface area (Å²) in [6, 6.07) is 10.7. The number of likely N-dealkylation sites (tertiary alicyclic amines) is 1. The van der Waals surface area contributed by atoms with Crippen LogP contribution in [-0.2, 0) is 5.60 Å². The van der Waals surface area contributed by atoms with E-state index in [-0.39, 0.29) is 17.5 Å². The topological polar surface area (TPSA) is 59.9 Å². The lowest BCUT2D eigenvalue weighted by Gasteiger charge is -2.51. The number of rotatable bonds is 3. The number of hydrogen-bond donors (Lipinski definition) is 1. The number of nitrogens with zero attached hydrogens (tertiary/aromatic N) is 4. The van der Waals surface area contributed by atoms with Crippen molar-refractivity contribution >= 4 is 5.91 Å². The van der Waals surface area contributed by atoms with Crippen molar-refractivity contribution in [2.24, 2.45) is 0 Å². The normalized spacial score (nSPS) is 26.4. The molecule has 2 saturated heterocycles. The van der Waals surface area contributed by atoms with Crippen LogP contribution in [0.25, 0.3) is 0 Å². The molecule has 1 amide bonds. The lowest BCUT2D eigenvalue weighted by molar-refractivity contribution is -0.101. The molecule has 1 aromatic heterocycles. The summed E-state index contributed by atoms with van der Waals surface area (Å²) in [6.07, 6.45) is 2.92. The quantitative estimate of drug-likeness (QED) is 0.851. The molecule has 154 valence electrons. The van der Waals surface area contributed by atoms with Crippen molar-refractivity contribution < 1.29 is 14.3 Å². The van der Waals surface area contributed by atoms with E-state index in [2.05, 4.69) is 21.8 Å². The second-order valence-electron chi connectivity index (χ2n) is 8.04. The zero-order valence-corrected chi connectivity index (χ0v) is 16.7. The van der Waals surface area contributed by atoms with E-state index in [1.54, 1.807) is 4.90 Å². The maximum absolute atomic E-state index is 13.6. The maximum Gasteiger partial charge on any atom is 0.255 e. The molecule has 6 nitrogen and oxygen atoms in total. The highest BCUT2D eigenvalue weighted by atomic mass is 19.1. The van der Waals surface area contributed by atoms with E-state index in [1.807, 2.05) is 30.3 Å². The van der Waals surface area contributed by atoms with Gasteiger partial charge in [-0.25, -0.2) is 4.39 Å². The molecule has 2 aliphatic rings. The van der Waals surface area contributed by atoms with Crippen LogP contribution in [0.15, 0.2) is 48.8 Å². The summed E-state index contributed by atoms with van der Waals surface area (Å²) in [6.45, 7) is 4.31. The number of aromatic nitrogens is 1. The van der Waals surface area contributed by atoms with Gasteiger partial charge in [0, 0.05) is 45.5 Å². The Hall–Kier alpha value is -2.35. The number of amides is 1. The van der Waals surface area contributed by atoms with E-state index in [0.29, 0.717) is 19.5 Å². The molecule has 2 aliphatic heterocycles. The average Bonchev–Trinajstić information content (AvgIpc) is 2.75. The highest BCUT2D eigenvalue weighted by Crippen LogP contribution is 2.36. The predicted octanol–water partition coefficient (Wildman–Crippen LogP) is 1.57. The van der Waals surface area contributed by atoms with E-state index >= 15 is 0 Å². The Kier molecular flexibility index (Phi) is 5.63. The molecule has 0 aliphatic carbocycles. The van der Waals surface area contributed by atoms with Crippen molar-refractivity contribution in [3.63, 3.8) is 0 Å². The summed E-state index contributed by atoms with van der Waals surface area (Å²) >= 11 is 0. The molecular weight excluding hydrogens is 371 g/mol. The number of benzene rings is 1. The number of likely N-dealkylation sites (N-methyl/N-ethyl adjacent to an activating group) is 1. The minimum atomic E-state index is -1.03.